The molecule has 3 heterocycles. The number of hydrogen-bond donors (Lipinski definition) is 1. The highest BCUT2D eigenvalue weighted by Gasteiger charge is 2.44. The molecular weight excluding hydrogens is 358 g/mol. The highest BCUT2D eigenvalue weighted by atomic mass is 19.3. The molecule has 7 nitrogen and oxygen atoms in total. The van der Waals surface area contributed by atoms with Gasteiger partial charge < -0.3 is 14.6 Å². The maximum absolute atomic E-state index is 13.2. The highest BCUT2D eigenvalue weighted by molar-refractivity contribution is 5.45. The van der Waals surface area contributed by atoms with E-state index >= 15 is 0 Å². The fraction of sp³-hybridized carbons (Fsp3) is 0.556. The largest absolute Gasteiger partial charge is 0.586 e. The molecule has 2 aromatic rings. The van der Waals surface area contributed by atoms with Gasteiger partial charge >= 0.3 is 6.29 Å². The summed E-state index contributed by atoms with van der Waals surface area (Å²) in [6, 6.07) is 4.89. The third-order valence-electron chi connectivity index (χ3n) is 5.83. The Hall–Kier alpha value is -2.26. The molecule has 9 heteroatoms. The summed E-state index contributed by atoms with van der Waals surface area (Å²) in [6.45, 7) is 2.45. The lowest BCUT2D eigenvalue weighted by Crippen LogP contribution is -2.36. The normalized spacial score (nSPS) is 31.8. The Morgan fingerprint density at radius 3 is 2.70 bits per heavy atom. The van der Waals surface area contributed by atoms with E-state index in [2.05, 4.69) is 24.5 Å². The number of fused-ring (bicyclic) bond motifs is 2. The predicted molar refractivity (Wildman–Crippen MR) is 89.2 cm³/mol. The average Bonchev–Trinajstić information content (AvgIpc) is 3.30. The molecule has 27 heavy (non-hydrogen) atoms. The van der Waals surface area contributed by atoms with Crippen LogP contribution in [0.4, 0.5) is 8.78 Å². The number of aliphatic hydroxyl groups excluding tert-OH is 1. The van der Waals surface area contributed by atoms with Gasteiger partial charge in [-0.25, -0.2) is 9.67 Å². The molecule has 4 atom stereocenters. The SMILES string of the molecule is O[C@@H]1C[C@H]2CN(Cc3ccc4c(c3)OC(F)(F)O4)C[C@H]2C[C@H]1n1cncn1. The van der Waals surface area contributed by atoms with Crippen molar-refractivity contribution >= 4 is 0 Å². The number of nitrogens with zero attached hydrogens (tertiary/aromatic N) is 4. The standard InChI is InChI=1S/C18H20F2N4O3/c19-18(20)26-16-2-1-11(3-17(16)27-18)6-23-7-12-4-14(24-10-21-9-22-24)15(25)5-13(12)8-23/h1-3,9-10,12-15,25H,4-8H2/t12-,13+,14-,15-/m1/s1. The topological polar surface area (TPSA) is 72.6 Å². The van der Waals surface area contributed by atoms with E-state index in [1.807, 2.05) is 0 Å². The van der Waals surface area contributed by atoms with E-state index in [1.54, 1.807) is 23.1 Å². The van der Waals surface area contributed by atoms with Crippen molar-refractivity contribution in [3.05, 3.63) is 36.4 Å². The summed E-state index contributed by atoms with van der Waals surface area (Å²) in [5.74, 6) is 1.05. The first-order valence-electron chi connectivity index (χ1n) is 9.10. The Morgan fingerprint density at radius 1 is 1.15 bits per heavy atom. The monoisotopic (exact) mass is 378 g/mol. The number of likely N-dealkylation sites (tertiary alicyclic amines) is 1. The van der Waals surface area contributed by atoms with E-state index in [1.165, 1.54) is 12.4 Å². The van der Waals surface area contributed by atoms with Crippen molar-refractivity contribution in [2.45, 2.75) is 37.8 Å². The molecule has 2 aliphatic heterocycles. The lowest BCUT2D eigenvalue weighted by Gasteiger charge is -2.35. The van der Waals surface area contributed by atoms with Crippen molar-refractivity contribution in [3.8, 4) is 11.5 Å². The zero-order valence-electron chi connectivity index (χ0n) is 14.5. The molecule has 0 radical (unpaired) electrons. The zero-order chi connectivity index (χ0) is 18.6. The number of halogens is 2. The van der Waals surface area contributed by atoms with E-state index < -0.39 is 12.4 Å². The van der Waals surface area contributed by atoms with E-state index in [0.717, 1.165) is 31.5 Å². The second-order valence-electron chi connectivity index (χ2n) is 7.64. The van der Waals surface area contributed by atoms with Crippen LogP contribution < -0.4 is 9.47 Å². The van der Waals surface area contributed by atoms with E-state index in [-0.39, 0.29) is 17.5 Å². The van der Waals surface area contributed by atoms with Gasteiger partial charge in [-0.3, -0.25) is 4.90 Å². The molecule has 0 bridgehead atoms. The van der Waals surface area contributed by atoms with Crippen LogP contribution in [0.25, 0.3) is 0 Å². The molecule has 0 unspecified atom stereocenters. The number of alkyl halides is 2. The molecule has 0 spiro atoms. The van der Waals surface area contributed by atoms with Crippen LogP contribution in [0.3, 0.4) is 0 Å². The fourth-order valence-corrected chi connectivity index (χ4v) is 4.66. The first-order valence-corrected chi connectivity index (χ1v) is 9.10. The molecule has 1 saturated heterocycles. The van der Waals surface area contributed by atoms with Gasteiger partial charge in [-0.05, 0) is 42.4 Å². The average molecular weight is 378 g/mol. The molecule has 1 aromatic heterocycles. The molecule has 5 rings (SSSR count). The van der Waals surface area contributed by atoms with Crippen LogP contribution in [0.2, 0.25) is 0 Å². The van der Waals surface area contributed by atoms with Crippen LogP contribution in [-0.4, -0.2) is 50.3 Å². The smallest absolute Gasteiger partial charge is 0.395 e. The zero-order valence-corrected chi connectivity index (χ0v) is 14.5. The van der Waals surface area contributed by atoms with Gasteiger partial charge in [0.15, 0.2) is 11.5 Å². The predicted octanol–water partition coefficient (Wildman–Crippen LogP) is 2.04. The number of rotatable bonds is 3. The molecular formula is C18H20F2N4O3. The number of benzene rings is 1. The second-order valence-corrected chi connectivity index (χ2v) is 7.64. The summed E-state index contributed by atoms with van der Waals surface area (Å²) < 4.78 is 37.1. The Labute approximate surface area is 154 Å². The van der Waals surface area contributed by atoms with Crippen molar-refractivity contribution in [2.75, 3.05) is 13.1 Å². The maximum Gasteiger partial charge on any atom is 0.586 e. The van der Waals surface area contributed by atoms with Gasteiger partial charge in [0, 0.05) is 19.6 Å². The molecule has 1 N–H and O–H groups in total. The van der Waals surface area contributed by atoms with Crippen molar-refractivity contribution < 1.29 is 23.4 Å². The Morgan fingerprint density at radius 2 is 1.93 bits per heavy atom. The Balaban J connectivity index is 1.26. The van der Waals surface area contributed by atoms with Gasteiger partial charge in [-0.1, -0.05) is 6.07 Å². The second kappa shape index (κ2) is 6.13. The van der Waals surface area contributed by atoms with Crippen molar-refractivity contribution in [2.24, 2.45) is 11.8 Å². The summed E-state index contributed by atoms with van der Waals surface area (Å²) in [5.41, 5.74) is 0.905. The van der Waals surface area contributed by atoms with Crippen molar-refractivity contribution in [1.29, 1.82) is 0 Å². The van der Waals surface area contributed by atoms with Gasteiger partial charge in [0.1, 0.15) is 12.7 Å². The Kier molecular flexibility index (Phi) is 3.83. The molecule has 1 aliphatic carbocycles. The third kappa shape index (κ3) is 3.14. The lowest BCUT2D eigenvalue weighted by molar-refractivity contribution is -0.286. The van der Waals surface area contributed by atoms with Gasteiger partial charge in [-0.2, -0.15) is 5.10 Å². The summed E-state index contributed by atoms with van der Waals surface area (Å²) in [7, 11) is 0. The molecule has 1 aromatic carbocycles. The molecule has 2 fully saturated rings. The number of hydrogen-bond acceptors (Lipinski definition) is 6. The van der Waals surface area contributed by atoms with Crippen LogP contribution >= 0.6 is 0 Å². The minimum atomic E-state index is -3.59. The summed E-state index contributed by atoms with van der Waals surface area (Å²) in [5, 5.41) is 14.7. The maximum atomic E-state index is 13.2. The van der Waals surface area contributed by atoms with Gasteiger partial charge in [-0.15, -0.1) is 8.78 Å². The van der Waals surface area contributed by atoms with Gasteiger partial charge in [0.2, 0.25) is 0 Å². The highest BCUT2D eigenvalue weighted by Crippen LogP contribution is 2.43. The van der Waals surface area contributed by atoms with Crippen LogP contribution in [-0.2, 0) is 6.54 Å². The first-order chi connectivity index (χ1) is 13.0. The quantitative estimate of drug-likeness (QED) is 0.881. The molecule has 0 amide bonds. The Bertz CT molecular complexity index is 832. The van der Waals surface area contributed by atoms with Gasteiger partial charge in [0.25, 0.3) is 0 Å². The molecule has 144 valence electrons. The minimum Gasteiger partial charge on any atom is -0.395 e. The number of aromatic nitrogens is 3. The fourth-order valence-electron chi connectivity index (χ4n) is 4.66. The number of ether oxygens (including phenoxy) is 2. The lowest BCUT2D eigenvalue weighted by atomic mass is 9.77. The first kappa shape index (κ1) is 16.9. The van der Waals surface area contributed by atoms with Crippen LogP contribution in [0.5, 0.6) is 11.5 Å². The van der Waals surface area contributed by atoms with Gasteiger partial charge in [0.05, 0.1) is 12.1 Å². The van der Waals surface area contributed by atoms with E-state index in [0.29, 0.717) is 18.4 Å². The number of aliphatic hydroxyl groups is 1. The summed E-state index contributed by atoms with van der Waals surface area (Å²) in [4.78, 5) is 6.29. The summed E-state index contributed by atoms with van der Waals surface area (Å²) in [6.07, 6.45) is 0.723. The van der Waals surface area contributed by atoms with Crippen molar-refractivity contribution in [3.63, 3.8) is 0 Å². The van der Waals surface area contributed by atoms with E-state index in [4.69, 9.17) is 0 Å². The van der Waals surface area contributed by atoms with Crippen LogP contribution in [0, 0.1) is 11.8 Å². The minimum absolute atomic E-state index is 0.0403. The molecule has 1 saturated carbocycles. The third-order valence-corrected chi connectivity index (χ3v) is 5.83. The van der Waals surface area contributed by atoms with Crippen LogP contribution in [0.1, 0.15) is 24.4 Å². The van der Waals surface area contributed by atoms with Crippen LogP contribution in [0.15, 0.2) is 30.9 Å². The summed E-state index contributed by atoms with van der Waals surface area (Å²) >= 11 is 0. The molecule has 3 aliphatic rings. The van der Waals surface area contributed by atoms with Crippen molar-refractivity contribution in [1.82, 2.24) is 19.7 Å². The van der Waals surface area contributed by atoms with E-state index in [9.17, 15) is 13.9 Å².